The molecule has 0 amide bonds. The van der Waals surface area contributed by atoms with Crippen LogP contribution in [-0.2, 0) is 11.3 Å². The highest BCUT2D eigenvalue weighted by atomic mass is 35.5. The molecule has 2 aromatic heterocycles. The third kappa shape index (κ3) is 3.46. The Hall–Kier alpha value is -2.73. The molecule has 1 aromatic carbocycles. The van der Waals surface area contributed by atoms with Gasteiger partial charge in [-0.3, -0.25) is 0 Å². The van der Waals surface area contributed by atoms with E-state index >= 15 is 0 Å². The van der Waals surface area contributed by atoms with Crippen LogP contribution in [0.25, 0.3) is 10.9 Å². The number of benzene rings is 1. The Morgan fingerprint density at radius 3 is 2.54 bits per heavy atom. The summed E-state index contributed by atoms with van der Waals surface area (Å²) < 4.78 is 7.15. The number of esters is 1. The van der Waals surface area contributed by atoms with E-state index in [1.54, 1.807) is 13.1 Å². The summed E-state index contributed by atoms with van der Waals surface area (Å²) >= 11 is 0. The zero-order valence-corrected chi connectivity index (χ0v) is 15.9. The van der Waals surface area contributed by atoms with Crippen LogP contribution in [0.5, 0.6) is 0 Å². The topological polar surface area (TPSA) is 73.4 Å². The molecule has 0 saturated heterocycles. The van der Waals surface area contributed by atoms with Crippen molar-refractivity contribution in [1.82, 2.24) is 9.55 Å². The summed E-state index contributed by atoms with van der Waals surface area (Å²) in [5, 5.41) is 0.770. The van der Waals surface area contributed by atoms with Crippen molar-refractivity contribution in [1.29, 1.82) is 0 Å². The van der Waals surface area contributed by atoms with Gasteiger partial charge in [0.25, 0.3) is 0 Å². The Morgan fingerprint density at radius 1 is 1.23 bits per heavy atom. The maximum Gasteiger partial charge on any atom is 0.357 e. The third-order valence-electron chi connectivity index (χ3n) is 4.07. The summed E-state index contributed by atoms with van der Waals surface area (Å²) in [4.78, 5) is 18.9. The highest BCUT2D eigenvalue weighted by molar-refractivity contribution is 6.10. The third-order valence-corrected chi connectivity index (χ3v) is 4.07. The quantitative estimate of drug-likeness (QED) is 0.693. The molecule has 6 nitrogen and oxygen atoms in total. The van der Waals surface area contributed by atoms with E-state index < -0.39 is 5.97 Å². The highest BCUT2D eigenvalue weighted by Gasteiger charge is 2.25. The molecule has 7 heteroatoms. The molecule has 3 aromatic rings. The second-order valence-corrected chi connectivity index (χ2v) is 5.98. The molecule has 0 aliphatic rings. The van der Waals surface area contributed by atoms with E-state index in [2.05, 4.69) is 4.98 Å². The van der Waals surface area contributed by atoms with Crippen LogP contribution in [0.1, 0.15) is 23.0 Å². The van der Waals surface area contributed by atoms with Gasteiger partial charge in [0, 0.05) is 26.8 Å². The first-order chi connectivity index (χ1) is 12.0. The standard InChI is InChI=1S/C19H22N4O2.ClH/c1-4-25-19(24)17-16(20)15-14(10-11-21-18(15)22(2)3)23(17)12-13-8-6-5-7-9-13;/h5-11H,4,12,20H2,1-3H3;1H. The van der Waals surface area contributed by atoms with Gasteiger partial charge in [-0.15, -0.1) is 12.4 Å². The van der Waals surface area contributed by atoms with Crippen LogP contribution >= 0.6 is 12.4 Å². The molecule has 0 fully saturated rings. The smallest absolute Gasteiger partial charge is 0.357 e. The van der Waals surface area contributed by atoms with E-state index in [1.165, 1.54) is 0 Å². The van der Waals surface area contributed by atoms with Gasteiger partial charge in [-0.25, -0.2) is 9.78 Å². The lowest BCUT2D eigenvalue weighted by Crippen LogP contribution is -2.14. The van der Waals surface area contributed by atoms with Crippen LogP contribution in [0.2, 0.25) is 0 Å². The van der Waals surface area contributed by atoms with Crippen LogP contribution in [-0.4, -0.2) is 36.2 Å². The molecule has 0 atom stereocenters. The zero-order chi connectivity index (χ0) is 18.0. The van der Waals surface area contributed by atoms with Crippen molar-refractivity contribution in [3.05, 3.63) is 53.9 Å². The molecule has 0 saturated carbocycles. The van der Waals surface area contributed by atoms with Gasteiger partial charge in [0.1, 0.15) is 5.82 Å². The van der Waals surface area contributed by atoms with E-state index in [0.29, 0.717) is 24.5 Å². The number of nitrogens with two attached hydrogens (primary N) is 1. The van der Waals surface area contributed by atoms with Gasteiger partial charge in [0.05, 0.1) is 23.2 Å². The van der Waals surface area contributed by atoms with Crippen molar-refractivity contribution >= 4 is 40.8 Å². The van der Waals surface area contributed by atoms with Crippen molar-refractivity contribution < 1.29 is 9.53 Å². The number of ether oxygens (including phenoxy) is 1. The average Bonchev–Trinajstić information content (AvgIpc) is 2.88. The second-order valence-electron chi connectivity index (χ2n) is 5.98. The minimum absolute atomic E-state index is 0. The van der Waals surface area contributed by atoms with Crippen molar-refractivity contribution in [3.63, 3.8) is 0 Å². The molecule has 0 unspecified atom stereocenters. The Morgan fingerprint density at radius 2 is 1.92 bits per heavy atom. The van der Waals surface area contributed by atoms with E-state index in [1.807, 2.05) is 60.0 Å². The molecule has 0 spiro atoms. The summed E-state index contributed by atoms with van der Waals surface area (Å²) in [7, 11) is 3.81. The molecule has 3 rings (SSSR count). The summed E-state index contributed by atoms with van der Waals surface area (Å²) in [5.74, 6) is 0.309. The van der Waals surface area contributed by atoms with E-state index in [9.17, 15) is 4.79 Å². The number of hydrogen-bond donors (Lipinski definition) is 1. The molecule has 0 radical (unpaired) electrons. The average molecular weight is 375 g/mol. The summed E-state index contributed by atoms with van der Waals surface area (Å²) in [6.07, 6.45) is 1.73. The van der Waals surface area contributed by atoms with E-state index in [0.717, 1.165) is 22.3 Å². The SMILES string of the molecule is CCOC(=O)c1c(N)c2c(N(C)C)nccc2n1Cc1ccccc1.Cl. The van der Waals surface area contributed by atoms with Crippen molar-refractivity contribution in [2.45, 2.75) is 13.5 Å². The molecule has 2 heterocycles. The molecular formula is C19H23ClN4O2. The summed E-state index contributed by atoms with van der Waals surface area (Å²) in [5.41, 5.74) is 9.09. The van der Waals surface area contributed by atoms with E-state index in [4.69, 9.17) is 10.5 Å². The maximum atomic E-state index is 12.6. The Balaban J connectivity index is 0.00000243. The second kappa shape index (κ2) is 8.10. The van der Waals surface area contributed by atoms with Crippen molar-refractivity contribution in [2.75, 3.05) is 31.3 Å². The lowest BCUT2D eigenvalue weighted by atomic mass is 10.2. The number of carbonyl (C=O) groups excluding carboxylic acids is 1. The van der Waals surface area contributed by atoms with Crippen LogP contribution in [0.15, 0.2) is 42.6 Å². The fourth-order valence-electron chi connectivity index (χ4n) is 3.00. The number of carbonyl (C=O) groups is 1. The number of pyridine rings is 1. The highest BCUT2D eigenvalue weighted by Crippen LogP contribution is 2.35. The molecule has 0 aliphatic carbocycles. The molecule has 2 N–H and O–H groups in total. The summed E-state index contributed by atoms with van der Waals surface area (Å²) in [6.45, 7) is 2.61. The van der Waals surface area contributed by atoms with Gasteiger partial charge in [-0.2, -0.15) is 0 Å². The van der Waals surface area contributed by atoms with Gasteiger partial charge >= 0.3 is 5.97 Å². The normalized spacial score (nSPS) is 10.4. The van der Waals surface area contributed by atoms with Gasteiger partial charge in [-0.1, -0.05) is 30.3 Å². The number of nitrogen functional groups attached to an aromatic ring is 1. The fraction of sp³-hybridized carbons (Fsp3) is 0.263. The molecule has 0 aliphatic heterocycles. The number of anilines is 2. The predicted octanol–water partition coefficient (Wildman–Crippen LogP) is 3.33. The van der Waals surface area contributed by atoms with Gasteiger partial charge in [0.15, 0.2) is 5.69 Å². The van der Waals surface area contributed by atoms with Gasteiger partial charge < -0.3 is 19.9 Å². The monoisotopic (exact) mass is 374 g/mol. The zero-order valence-electron chi connectivity index (χ0n) is 15.1. The van der Waals surface area contributed by atoms with Crippen molar-refractivity contribution in [2.24, 2.45) is 0 Å². The lowest BCUT2D eigenvalue weighted by Gasteiger charge is -2.13. The lowest BCUT2D eigenvalue weighted by molar-refractivity contribution is 0.0516. The largest absolute Gasteiger partial charge is 0.461 e. The van der Waals surface area contributed by atoms with E-state index in [-0.39, 0.29) is 12.4 Å². The van der Waals surface area contributed by atoms with Crippen LogP contribution in [0.3, 0.4) is 0 Å². The number of aromatic nitrogens is 2. The molecule has 26 heavy (non-hydrogen) atoms. The van der Waals surface area contributed by atoms with Crippen molar-refractivity contribution in [3.8, 4) is 0 Å². The minimum atomic E-state index is -0.420. The first-order valence-electron chi connectivity index (χ1n) is 8.19. The fourth-order valence-corrected chi connectivity index (χ4v) is 3.00. The Kier molecular flexibility index (Phi) is 6.10. The molecular weight excluding hydrogens is 352 g/mol. The molecule has 0 bridgehead atoms. The van der Waals surface area contributed by atoms with Crippen LogP contribution in [0, 0.1) is 0 Å². The first kappa shape index (κ1) is 19.6. The number of hydrogen-bond acceptors (Lipinski definition) is 5. The van der Waals surface area contributed by atoms with Gasteiger partial charge in [0.2, 0.25) is 0 Å². The summed E-state index contributed by atoms with van der Waals surface area (Å²) in [6, 6.07) is 11.8. The first-order valence-corrected chi connectivity index (χ1v) is 8.19. The maximum absolute atomic E-state index is 12.6. The van der Waals surface area contributed by atoms with Crippen LogP contribution in [0.4, 0.5) is 11.5 Å². The molecule has 138 valence electrons. The van der Waals surface area contributed by atoms with Crippen LogP contribution < -0.4 is 10.6 Å². The number of rotatable bonds is 5. The minimum Gasteiger partial charge on any atom is -0.461 e. The number of fused-ring (bicyclic) bond motifs is 1. The Bertz CT molecular complexity index is 907. The predicted molar refractivity (Wildman–Crippen MR) is 107 cm³/mol. The Labute approximate surface area is 159 Å². The number of nitrogens with zero attached hydrogens (tertiary/aromatic N) is 3. The van der Waals surface area contributed by atoms with Gasteiger partial charge in [-0.05, 0) is 18.6 Å². The number of halogens is 1.